The van der Waals surface area contributed by atoms with Crippen LogP contribution in [0.4, 0.5) is 0 Å². The zero-order valence-corrected chi connectivity index (χ0v) is 4.02. The quantitative estimate of drug-likeness (QED) is 0.444. The third-order valence-electron chi connectivity index (χ3n) is 0.342. The van der Waals surface area contributed by atoms with Crippen molar-refractivity contribution in [1.82, 2.24) is 0 Å². The zero-order chi connectivity index (χ0) is 5.54. The van der Waals surface area contributed by atoms with Crippen molar-refractivity contribution in [3.63, 3.8) is 0 Å². The van der Waals surface area contributed by atoms with Gasteiger partial charge in [-0.05, 0) is 0 Å². The fourth-order valence-electron chi connectivity index (χ4n) is 0.129. The van der Waals surface area contributed by atoms with Crippen molar-refractivity contribution < 1.29 is 9.53 Å². The number of carbonyl (C=O) groups excluding carboxylic acids is 1. The van der Waals surface area contributed by atoms with Crippen molar-refractivity contribution in [2.24, 2.45) is 0 Å². The Morgan fingerprint density at radius 1 is 1.71 bits per heavy atom. The van der Waals surface area contributed by atoms with Gasteiger partial charge in [-0.15, -0.1) is 0 Å². The van der Waals surface area contributed by atoms with E-state index in [2.05, 4.69) is 16.8 Å². The van der Waals surface area contributed by atoms with E-state index in [-0.39, 0.29) is 0 Å². The van der Waals surface area contributed by atoms with Gasteiger partial charge in [0, 0.05) is 6.42 Å². The normalized spacial score (nSPS) is 5.86. The van der Waals surface area contributed by atoms with Crippen LogP contribution >= 0.6 is 0 Å². The number of rotatable bonds is 1. The van der Waals surface area contributed by atoms with Gasteiger partial charge in [0.1, 0.15) is 6.11 Å². The van der Waals surface area contributed by atoms with Gasteiger partial charge in [0.15, 0.2) is 0 Å². The highest BCUT2D eigenvalue weighted by Crippen LogP contribution is 1.65. The molecule has 0 amide bonds. The van der Waals surface area contributed by atoms with Crippen molar-refractivity contribution >= 4 is 6.47 Å². The van der Waals surface area contributed by atoms with E-state index < -0.39 is 0 Å². The molecule has 0 aromatic carbocycles. The SMILES string of the molecule is CCC#CO[C]=O. The van der Waals surface area contributed by atoms with Crippen molar-refractivity contribution in [1.29, 1.82) is 0 Å². The molecule has 37 valence electrons. The van der Waals surface area contributed by atoms with Crippen LogP contribution in [0.25, 0.3) is 0 Å². The number of hydrogen-bond acceptors (Lipinski definition) is 2. The second kappa shape index (κ2) is 5.03. The Balaban J connectivity index is 3.06. The summed E-state index contributed by atoms with van der Waals surface area (Å²) in [5.74, 6) is 2.51. The predicted molar refractivity (Wildman–Crippen MR) is 24.8 cm³/mol. The summed E-state index contributed by atoms with van der Waals surface area (Å²) in [6, 6.07) is 0. The van der Waals surface area contributed by atoms with Crippen LogP contribution in [0.2, 0.25) is 0 Å². The molecule has 0 atom stereocenters. The first-order chi connectivity index (χ1) is 3.41. The fraction of sp³-hybridized carbons (Fsp3) is 0.400. The van der Waals surface area contributed by atoms with Crippen LogP contribution < -0.4 is 0 Å². The van der Waals surface area contributed by atoms with Gasteiger partial charge in [0.05, 0.1) is 0 Å². The molecule has 0 N–H and O–H groups in total. The highest BCUT2D eigenvalue weighted by Gasteiger charge is 1.64. The third-order valence-corrected chi connectivity index (χ3v) is 0.342. The average molecular weight is 97.1 g/mol. The van der Waals surface area contributed by atoms with E-state index in [4.69, 9.17) is 0 Å². The van der Waals surface area contributed by atoms with Crippen LogP contribution in [0.1, 0.15) is 13.3 Å². The van der Waals surface area contributed by atoms with Gasteiger partial charge in [-0.3, -0.25) is 0 Å². The minimum atomic E-state index is 0.696. The molecule has 0 aliphatic heterocycles. The Morgan fingerprint density at radius 2 is 2.43 bits per heavy atom. The Labute approximate surface area is 42.5 Å². The number of hydrogen-bond donors (Lipinski definition) is 0. The molecule has 0 fully saturated rings. The van der Waals surface area contributed by atoms with Crippen LogP contribution in [0, 0.1) is 12.0 Å². The maximum atomic E-state index is 9.23. The average Bonchev–Trinajstić information content (AvgIpc) is 1.69. The first-order valence-electron chi connectivity index (χ1n) is 1.92. The molecular weight excluding hydrogens is 92.1 g/mol. The lowest BCUT2D eigenvalue weighted by molar-refractivity contribution is 0.420. The molecule has 2 heteroatoms. The fourth-order valence-corrected chi connectivity index (χ4v) is 0.129. The topological polar surface area (TPSA) is 26.3 Å². The highest BCUT2D eigenvalue weighted by atomic mass is 16.5. The van der Waals surface area contributed by atoms with Gasteiger partial charge in [0.25, 0.3) is 0 Å². The Kier molecular flexibility index (Phi) is 4.33. The van der Waals surface area contributed by atoms with E-state index in [0.717, 1.165) is 0 Å². The van der Waals surface area contributed by atoms with Crippen LogP contribution in [-0.4, -0.2) is 6.47 Å². The van der Waals surface area contributed by atoms with Gasteiger partial charge in [-0.1, -0.05) is 12.8 Å². The zero-order valence-electron chi connectivity index (χ0n) is 4.02. The van der Waals surface area contributed by atoms with E-state index in [9.17, 15) is 4.79 Å². The summed E-state index contributed by atoms with van der Waals surface area (Å²) in [7, 11) is 0. The van der Waals surface area contributed by atoms with Crippen molar-refractivity contribution in [3.8, 4) is 12.0 Å². The van der Waals surface area contributed by atoms with Gasteiger partial charge in [0.2, 0.25) is 0 Å². The maximum Gasteiger partial charge on any atom is 0.432 e. The molecule has 1 radical (unpaired) electrons. The van der Waals surface area contributed by atoms with E-state index in [0.29, 0.717) is 6.42 Å². The summed E-state index contributed by atoms with van der Waals surface area (Å²) in [5, 5.41) is 0. The van der Waals surface area contributed by atoms with Crippen molar-refractivity contribution in [2.75, 3.05) is 0 Å². The van der Waals surface area contributed by atoms with Crippen molar-refractivity contribution in [3.05, 3.63) is 0 Å². The van der Waals surface area contributed by atoms with Gasteiger partial charge < -0.3 is 4.74 Å². The third kappa shape index (κ3) is 5.03. The molecule has 0 aliphatic rings. The molecule has 0 unspecified atom stereocenters. The first kappa shape index (κ1) is 6.03. The van der Waals surface area contributed by atoms with Crippen molar-refractivity contribution in [2.45, 2.75) is 13.3 Å². The first-order valence-corrected chi connectivity index (χ1v) is 1.92. The van der Waals surface area contributed by atoms with E-state index >= 15 is 0 Å². The monoisotopic (exact) mass is 97.0 g/mol. The second-order valence-corrected chi connectivity index (χ2v) is 0.818. The lowest BCUT2D eigenvalue weighted by Crippen LogP contribution is -1.70. The largest absolute Gasteiger partial charge is 0.432 e. The van der Waals surface area contributed by atoms with E-state index in [1.165, 1.54) is 6.47 Å². The molecule has 2 nitrogen and oxygen atoms in total. The Bertz CT molecular complexity index is 96.4. The molecule has 7 heavy (non-hydrogen) atoms. The predicted octanol–water partition coefficient (Wildman–Crippen LogP) is 0.441. The smallest absolute Gasteiger partial charge is 0.364 e. The standard InChI is InChI=1S/C5H5O2/c1-2-3-4-7-5-6/h2H2,1H3. The lowest BCUT2D eigenvalue weighted by Gasteiger charge is -1.68. The van der Waals surface area contributed by atoms with Crippen LogP contribution in [0.3, 0.4) is 0 Å². The van der Waals surface area contributed by atoms with E-state index in [1.807, 2.05) is 6.92 Å². The molecule has 0 spiro atoms. The van der Waals surface area contributed by atoms with Crippen LogP contribution in [-0.2, 0) is 9.53 Å². The molecular formula is C5H5O2. The van der Waals surface area contributed by atoms with Gasteiger partial charge in [-0.2, -0.15) is 0 Å². The summed E-state index contributed by atoms with van der Waals surface area (Å²) in [6.07, 6.45) is 2.81. The van der Waals surface area contributed by atoms with E-state index in [1.54, 1.807) is 0 Å². The molecule has 0 aromatic heterocycles. The molecule has 0 bridgehead atoms. The van der Waals surface area contributed by atoms with Gasteiger partial charge >= 0.3 is 6.47 Å². The summed E-state index contributed by atoms with van der Waals surface area (Å²) in [6.45, 7) is 3.04. The minimum Gasteiger partial charge on any atom is -0.364 e. The molecule has 0 saturated heterocycles. The van der Waals surface area contributed by atoms with Crippen LogP contribution in [0.5, 0.6) is 0 Å². The second-order valence-electron chi connectivity index (χ2n) is 0.818. The summed E-state index contributed by atoms with van der Waals surface area (Å²) in [4.78, 5) is 9.23. The number of ether oxygens (including phenoxy) is 1. The molecule has 0 heterocycles. The highest BCUT2D eigenvalue weighted by molar-refractivity contribution is 5.40. The molecule has 0 aliphatic carbocycles. The van der Waals surface area contributed by atoms with Gasteiger partial charge in [-0.25, -0.2) is 4.79 Å². The molecule has 0 rings (SSSR count). The maximum absolute atomic E-state index is 9.23. The Hall–Kier alpha value is -0.970. The lowest BCUT2D eigenvalue weighted by atomic mass is 10.5. The minimum absolute atomic E-state index is 0.696. The molecule has 0 aromatic rings. The summed E-state index contributed by atoms with van der Waals surface area (Å²) in [5.41, 5.74) is 0. The summed E-state index contributed by atoms with van der Waals surface area (Å²) < 4.78 is 3.91. The molecule has 0 saturated carbocycles. The summed E-state index contributed by atoms with van der Waals surface area (Å²) >= 11 is 0. The van der Waals surface area contributed by atoms with Crippen LogP contribution in [0.15, 0.2) is 0 Å². The Morgan fingerprint density at radius 3 is 2.86 bits per heavy atom.